The minimum absolute atomic E-state index is 0.467. The quantitative estimate of drug-likeness (QED) is 0.573. The summed E-state index contributed by atoms with van der Waals surface area (Å²) in [5.74, 6) is 1.01. The number of rotatable bonds is 5. The molecule has 0 amide bonds. The first-order valence-corrected chi connectivity index (χ1v) is 9.08. The molecule has 0 unspecified atom stereocenters. The van der Waals surface area contributed by atoms with Crippen molar-refractivity contribution in [2.45, 2.75) is 39.8 Å². The maximum absolute atomic E-state index is 5.78. The van der Waals surface area contributed by atoms with Crippen molar-refractivity contribution in [1.29, 1.82) is 0 Å². The van der Waals surface area contributed by atoms with Gasteiger partial charge in [-0.2, -0.15) is 15.2 Å². The number of anilines is 1. The highest BCUT2D eigenvalue weighted by Gasteiger charge is 2.31. The van der Waals surface area contributed by atoms with Gasteiger partial charge in [-0.1, -0.05) is 23.4 Å². The molecule has 8 nitrogen and oxygen atoms in total. The van der Waals surface area contributed by atoms with Gasteiger partial charge in [0.05, 0.1) is 24.1 Å². The Bertz CT molecular complexity index is 1120. The third-order valence-corrected chi connectivity index (χ3v) is 4.75. The lowest BCUT2D eigenvalue weighted by atomic mass is 10.1. The smallest absolute Gasteiger partial charge is 0.254 e. The lowest BCUT2D eigenvalue weighted by molar-refractivity contribution is 0.261. The fraction of sp³-hybridized carbons (Fsp3) is 0.300. The van der Waals surface area contributed by atoms with E-state index < -0.39 is 5.54 Å². The summed E-state index contributed by atoms with van der Waals surface area (Å²) in [7, 11) is 0. The Balaban J connectivity index is 1.61. The molecule has 3 aromatic heterocycles. The molecule has 0 bridgehead atoms. The van der Waals surface area contributed by atoms with E-state index in [4.69, 9.17) is 10.3 Å². The molecule has 0 saturated heterocycles. The third-order valence-electron chi connectivity index (χ3n) is 4.75. The number of hydrogen-bond acceptors (Lipinski definition) is 6. The second-order valence-corrected chi connectivity index (χ2v) is 7.49. The molecule has 3 heterocycles. The summed E-state index contributed by atoms with van der Waals surface area (Å²) in [5, 5.41) is 13.0. The van der Waals surface area contributed by atoms with Crippen molar-refractivity contribution in [2.75, 3.05) is 5.73 Å². The first kappa shape index (κ1) is 18.0. The van der Waals surface area contributed by atoms with Crippen LogP contribution in [0.1, 0.15) is 36.7 Å². The van der Waals surface area contributed by atoms with Gasteiger partial charge in [0.1, 0.15) is 5.54 Å². The van der Waals surface area contributed by atoms with Gasteiger partial charge in [-0.25, -0.2) is 0 Å². The van der Waals surface area contributed by atoms with Gasteiger partial charge in [-0.3, -0.25) is 9.36 Å². The number of nitrogens with zero attached hydrogens (tertiary/aromatic N) is 6. The Hall–Kier alpha value is -3.42. The molecule has 8 heteroatoms. The normalized spacial score (nSPS) is 11.9. The van der Waals surface area contributed by atoms with E-state index in [1.807, 2.05) is 37.6 Å². The summed E-state index contributed by atoms with van der Waals surface area (Å²) in [6, 6.07) is 10.2. The molecule has 0 aliphatic heterocycles. The van der Waals surface area contributed by atoms with Crippen LogP contribution in [0.2, 0.25) is 0 Å². The molecular formula is C20H23N7O. The Morgan fingerprint density at radius 1 is 1.18 bits per heavy atom. The van der Waals surface area contributed by atoms with Crippen molar-refractivity contribution in [2.24, 2.45) is 0 Å². The zero-order valence-corrected chi connectivity index (χ0v) is 16.4. The summed E-state index contributed by atoms with van der Waals surface area (Å²) in [6.45, 7) is 8.65. The molecule has 4 aromatic rings. The number of hydrogen-bond donors (Lipinski definition) is 1. The van der Waals surface area contributed by atoms with Crippen molar-refractivity contribution < 1.29 is 4.52 Å². The lowest BCUT2D eigenvalue weighted by Crippen LogP contribution is -2.28. The Kier molecular flexibility index (Phi) is 4.26. The van der Waals surface area contributed by atoms with Gasteiger partial charge < -0.3 is 10.3 Å². The predicted molar refractivity (Wildman–Crippen MR) is 106 cm³/mol. The van der Waals surface area contributed by atoms with E-state index in [-0.39, 0.29) is 0 Å². The van der Waals surface area contributed by atoms with Crippen LogP contribution in [-0.4, -0.2) is 29.7 Å². The van der Waals surface area contributed by atoms with Gasteiger partial charge in [0, 0.05) is 17.5 Å². The van der Waals surface area contributed by atoms with Crippen molar-refractivity contribution in [3.8, 4) is 11.4 Å². The molecule has 0 atom stereocenters. The highest BCUT2D eigenvalue weighted by molar-refractivity contribution is 5.55. The number of benzene rings is 1. The fourth-order valence-corrected chi connectivity index (χ4v) is 3.15. The van der Waals surface area contributed by atoms with Crippen molar-refractivity contribution >= 4 is 5.69 Å². The SMILES string of the molecule is Cc1cc(C)n(Cc2cccc(-c3noc(C(C)(C)n4cc(N)cn4)n3)c2)n1. The molecule has 2 N–H and O–H groups in total. The standard InChI is InChI=1S/C20H23N7O/c1-13-8-14(2)26(24-13)11-15-6-5-7-16(9-15)18-23-19(28-25-18)20(3,4)27-12-17(21)10-22-27/h5-10,12H,11,21H2,1-4H3. The van der Waals surface area contributed by atoms with Gasteiger partial charge in [0.2, 0.25) is 5.82 Å². The van der Waals surface area contributed by atoms with Gasteiger partial charge in [0.15, 0.2) is 0 Å². The molecule has 0 saturated carbocycles. The maximum Gasteiger partial charge on any atom is 0.254 e. The molecule has 4 rings (SSSR count). The first-order chi connectivity index (χ1) is 13.3. The molecular weight excluding hydrogens is 354 g/mol. The molecule has 28 heavy (non-hydrogen) atoms. The minimum atomic E-state index is -0.607. The summed E-state index contributed by atoms with van der Waals surface area (Å²) in [6.07, 6.45) is 3.35. The van der Waals surface area contributed by atoms with Crippen LogP contribution in [0, 0.1) is 13.8 Å². The largest absolute Gasteiger partial charge is 0.396 e. The monoisotopic (exact) mass is 377 g/mol. The fourth-order valence-electron chi connectivity index (χ4n) is 3.15. The van der Waals surface area contributed by atoms with Crippen molar-refractivity contribution in [3.63, 3.8) is 0 Å². The topological polar surface area (TPSA) is 101 Å². The average molecular weight is 377 g/mol. The van der Waals surface area contributed by atoms with E-state index in [1.54, 1.807) is 17.1 Å². The molecule has 0 radical (unpaired) electrons. The van der Waals surface area contributed by atoms with E-state index in [2.05, 4.69) is 45.5 Å². The summed E-state index contributed by atoms with van der Waals surface area (Å²) in [5.41, 5.74) is 9.92. The second kappa shape index (κ2) is 6.63. The Morgan fingerprint density at radius 3 is 2.68 bits per heavy atom. The van der Waals surface area contributed by atoms with E-state index >= 15 is 0 Å². The van der Waals surface area contributed by atoms with Crippen molar-refractivity contribution in [3.05, 3.63) is 65.6 Å². The van der Waals surface area contributed by atoms with Crippen molar-refractivity contribution in [1.82, 2.24) is 29.7 Å². The summed E-state index contributed by atoms with van der Waals surface area (Å²) in [4.78, 5) is 4.61. The van der Waals surface area contributed by atoms with Crippen LogP contribution in [-0.2, 0) is 12.1 Å². The first-order valence-electron chi connectivity index (χ1n) is 9.08. The zero-order chi connectivity index (χ0) is 19.9. The zero-order valence-electron chi connectivity index (χ0n) is 16.4. The van der Waals surface area contributed by atoms with E-state index in [9.17, 15) is 0 Å². The predicted octanol–water partition coefficient (Wildman–Crippen LogP) is 3.16. The van der Waals surface area contributed by atoms with Gasteiger partial charge in [-0.15, -0.1) is 0 Å². The highest BCUT2D eigenvalue weighted by Crippen LogP contribution is 2.27. The lowest BCUT2D eigenvalue weighted by Gasteiger charge is -2.20. The average Bonchev–Trinajstić information content (AvgIpc) is 3.36. The van der Waals surface area contributed by atoms with E-state index in [0.29, 0.717) is 23.9 Å². The number of aryl methyl sites for hydroxylation is 2. The highest BCUT2D eigenvalue weighted by atomic mass is 16.5. The number of nitrogens with two attached hydrogens (primary N) is 1. The minimum Gasteiger partial charge on any atom is -0.396 e. The van der Waals surface area contributed by atoms with E-state index in [1.165, 1.54) is 0 Å². The Morgan fingerprint density at radius 2 is 2.00 bits per heavy atom. The van der Waals surface area contributed by atoms with Crippen LogP contribution in [0.15, 0.2) is 47.2 Å². The molecule has 0 aliphatic rings. The number of aromatic nitrogens is 6. The van der Waals surface area contributed by atoms with Crippen LogP contribution in [0.3, 0.4) is 0 Å². The summed E-state index contributed by atoms with van der Waals surface area (Å²) >= 11 is 0. The molecule has 0 fully saturated rings. The third kappa shape index (κ3) is 3.28. The molecule has 0 aliphatic carbocycles. The Labute approximate surface area is 163 Å². The molecule has 1 aromatic carbocycles. The van der Waals surface area contributed by atoms with Crippen LogP contribution in [0.5, 0.6) is 0 Å². The molecule has 144 valence electrons. The van der Waals surface area contributed by atoms with Crippen LogP contribution < -0.4 is 5.73 Å². The van der Waals surface area contributed by atoms with Crippen LogP contribution in [0.4, 0.5) is 5.69 Å². The number of nitrogen functional groups attached to an aromatic ring is 1. The van der Waals surface area contributed by atoms with Gasteiger partial charge >= 0.3 is 0 Å². The second-order valence-electron chi connectivity index (χ2n) is 7.49. The maximum atomic E-state index is 5.78. The molecule has 0 spiro atoms. The van der Waals surface area contributed by atoms with Gasteiger partial charge in [-0.05, 0) is 45.4 Å². The van der Waals surface area contributed by atoms with Gasteiger partial charge in [0.25, 0.3) is 5.89 Å². The summed E-state index contributed by atoms with van der Waals surface area (Å²) < 4.78 is 9.26. The van der Waals surface area contributed by atoms with Crippen LogP contribution >= 0.6 is 0 Å². The van der Waals surface area contributed by atoms with E-state index in [0.717, 1.165) is 22.5 Å². The van der Waals surface area contributed by atoms with Crippen LogP contribution in [0.25, 0.3) is 11.4 Å².